The zero-order valence-electron chi connectivity index (χ0n) is 10.1. The van der Waals surface area contributed by atoms with Crippen molar-refractivity contribution in [2.45, 2.75) is 24.7 Å². The number of hydrogen-bond acceptors (Lipinski definition) is 7. The topological polar surface area (TPSA) is 113 Å². The Hall–Kier alpha value is -1.18. The van der Waals surface area contributed by atoms with Crippen LogP contribution in [0.25, 0.3) is 0 Å². The van der Waals surface area contributed by atoms with Gasteiger partial charge in [-0.3, -0.25) is 9.59 Å². The van der Waals surface area contributed by atoms with E-state index >= 15 is 0 Å². The van der Waals surface area contributed by atoms with Crippen LogP contribution in [-0.4, -0.2) is 58.8 Å². The molecule has 18 heavy (non-hydrogen) atoms. The number of rotatable bonds is 1. The Balaban J connectivity index is 2.39. The van der Waals surface area contributed by atoms with Gasteiger partial charge in [-0.25, -0.2) is 0 Å². The molecular formula is C11H16O7. The zero-order chi connectivity index (χ0) is 13.7. The first kappa shape index (κ1) is 13.3. The van der Waals surface area contributed by atoms with Crippen LogP contribution in [0.3, 0.4) is 0 Å². The SMILES string of the molecule is COC(=O)[C@H]1COC(=O)[C@H]2[C@@H]1[C@H](O)[C@H](O)[C@]2(C)O. The Kier molecular flexibility index (Phi) is 3.08. The average Bonchev–Trinajstić information content (AvgIpc) is 2.51. The molecule has 0 radical (unpaired) electrons. The molecule has 0 aromatic carbocycles. The summed E-state index contributed by atoms with van der Waals surface area (Å²) in [6, 6.07) is 0. The van der Waals surface area contributed by atoms with Crippen molar-refractivity contribution < 1.29 is 34.4 Å². The molecule has 3 N–H and O–H groups in total. The molecule has 1 heterocycles. The number of methoxy groups -OCH3 is 1. The molecule has 0 bridgehead atoms. The van der Waals surface area contributed by atoms with E-state index in [0.717, 1.165) is 0 Å². The fourth-order valence-corrected chi connectivity index (χ4v) is 2.94. The predicted molar refractivity (Wildman–Crippen MR) is 56.1 cm³/mol. The molecule has 0 amide bonds. The van der Waals surface area contributed by atoms with Crippen LogP contribution in [-0.2, 0) is 19.1 Å². The van der Waals surface area contributed by atoms with E-state index in [0.29, 0.717) is 0 Å². The Labute approximate surface area is 103 Å². The number of ether oxygens (including phenoxy) is 2. The fourth-order valence-electron chi connectivity index (χ4n) is 2.94. The summed E-state index contributed by atoms with van der Waals surface area (Å²) in [5.74, 6) is -4.28. The smallest absolute Gasteiger partial charge is 0.312 e. The van der Waals surface area contributed by atoms with Crippen LogP contribution in [0.4, 0.5) is 0 Å². The summed E-state index contributed by atoms with van der Waals surface area (Å²) in [5.41, 5.74) is -1.83. The van der Waals surface area contributed by atoms with Gasteiger partial charge in [-0.15, -0.1) is 0 Å². The molecule has 6 atom stereocenters. The number of carbonyl (C=O) groups is 2. The highest BCUT2D eigenvalue weighted by atomic mass is 16.6. The van der Waals surface area contributed by atoms with Gasteiger partial charge in [0.1, 0.15) is 18.3 Å². The third-order valence-corrected chi connectivity index (χ3v) is 3.96. The summed E-state index contributed by atoms with van der Waals surface area (Å²) in [4.78, 5) is 23.3. The van der Waals surface area contributed by atoms with Crippen LogP contribution in [0.2, 0.25) is 0 Å². The molecule has 1 saturated carbocycles. The summed E-state index contributed by atoms with van der Waals surface area (Å²) >= 11 is 0. The van der Waals surface area contributed by atoms with Crippen LogP contribution in [0.1, 0.15) is 6.92 Å². The van der Waals surface area contributed by atoms with Crippen LogP contribution in [0, 0.1) is 17.8 Å². The zero-order valence-corrected chi connectivity index (χ0v) is 10.1. The molecule has 2 aliphatic rings. The largest absolute Gasteiger partial charge is 0.469 e. The molecule has 1 aliphatic carbocycles. The lowest BCUT2D eigenvalue weighted by molar-refractivity contribution is -0.179. The normalized spacial score (nSPS) is 47.4. The second-order valence-electron chi connectivity index (χ2n) is 4.98. The lowest BCUT2D eigenvalue weighted by atomic mass is 9.77. The molecule has 0 spiro atoms. The minimum absolute atomic E-state index is 0.216. The highest BCUT2D eigenvalue weighted by Crippen LogP contribution is 2.47. The van der Waals surface area contributed by atoms with E-state index in [4.69, 9.17) is 4.74 Å². The van der Waals surface area contributed by atoms with E-state index < -0.39 is 47.5 Å². The molecule has 2 fully saturated rings. The molecule has 2 rings (SSSR count). The quantitative estimate of drug-likeness (QED) is 0.470. The molecule has 1 aliphatic heterocycles. The Bertz CT molecular complexity index is 378. The van der Waals surface area contributed by atoms with Gasteiger partial charge in [0, 0.05) is 5.92 Å². The van der Waals surface area contributed by atoms with E-state index in [-0.39, 0.29) is 6.61 Å². The van der Waals surface area contributed by atoms with Crippen molar-refractivity contribution in [2.75, 3.05) is 13.7 Å². The summed E-state index contributed by atoms with van der Waals surface area (Å²) < 4.78 is 9.42. The number of carbonyl (C=O) groups excluding carboxylic acids is 2. The molecule has 7 nitrogen and oxygen atoms in total. The van der Waals surface area contributed by atoms with Crippen LogP contribution >= 0.6 is 0 Å². The third-order valence-electron chi connectivity index (χ3n) is 3.96. The fraction of sp³-hybridized carbons (Fsp3) is 0.818. The number of esters is 2. The van der Waals surface area contributed by atoms with E-state index in [9.17, 15) is 24.9 Å². The van der Waals surface area contributed by atoms with Gasteiger partial charge in [-0.05, 0) is 6.92 Å². The van der Waals surface area contributed by atoms with Gasteiger partial charge in [-0.2, -0.15) is 0 Å². The summed E-state index contributed by atoms with van der Waals surface area (Å²) in [5, 5.41) is 29.8. The predicted octanol–water partition coefficient (Wildman–Crippen LogP) is -1.95. The van der Waals surface area contributed by atoms with Crippen molar-refractivity contribution in [3.63, 3.8) is 0 Å². The standard InChI is InChI=1S/C11H16O7/c1-11(16)6-5(7(12)8(11)13)4(9(14)17-2)3-18-10(6)15/h4-8,12-13,16H,3H2,1-2H3/t4-,5+,6+,7-,8-,11+/m0/s1. The van der Waals surface area contributed by atoms with Crippen molar-refractivity contribution in [1.29, 1.82) is 0 Å². The maximum absolute atomic E-state index is 11.7. The summed E-state index contributed by atoms with van der Waals surface area (Å²) in [6.45, 7) is 1.03. The van der Waals surface area contributed by atoms with Crippen LogP contribution in [0.5, 0.6) is 0 Å². The first-order valence-electron chi connectivity index (χ1n) is 5.65. The van der Waals surface area contributed by atoms with E-state index in [2.05, 4.69) is 4.74 Å². The van der Waals surface area contributed by atoms with Gasteiger partial charge in [0.2, 0.25) is 0 Å². The first-order valence-corrected chi connectivity index (χ1v) is 5.65. The van der Waals surface area contributed by atoms with E-state index in [1.165, 1.54) is 14.0 Å². The van der Waals surface area contributed by atoms with Crippen LogP contribution < -0.4 is 0 Å². The first-order chi connectivity index (χ1) is 8.32. The minimum atomic E-state index is -1.83. The van der Waals surface area contributed by atoms with Crippen molar-refractivity contribution in [3.05, 3.63) is 0 Å². The van der Waals surface area contributed by atoms with E-state index in [1.54, 1.807) is 0 Å². The van der Waals surface area contributed by atoms with Gasteiger partial charge < -0.3 is 24.8 Å². The molecule has 1 saturated heterocycles. The molecule has 0 aromatic rings. The maximum atomic E-state index is 11.7. The lowest BCUT2D eigenvalue weighted by Crippen LogP contribution is -2.50. The monoisotopic (exact) mass is 260 g/mol. The van der Waals surface area contributed by atoms with E-state index in [1.807, 2.05) is 0 Å². The second kappa shape index (κ2) is 4.18. The van der Waals surface area contributed by atoms with Gasteiger partial charge in [0.15, 0.2) is 0 Å². The minimum Gasteiger partial charge on any atom is -0.469 e. The average molecular weight is 260 g/mol. The van der Waals surface area contributed by atoms with Gasteiger partial charge in [0.25, 0.3) is 0 Å². The number of fused-ring (bicyclic) bond motifs is 1. The Morgan fingerprint density at radius 3 is 2.67 bits per heavy atom. The molecule has 0 aromatic heterocycles. The highest BCUT2D eigenvalue weighted by molar-refractivity contribution is 5.81. The molecule has 102 valence electrons. The molecule has 7 heteroatoms. The lowest BCUT2D eigenvalue weighted by Gasteiger charge is -2.35. The highest BCUT2D eigenvalue weighted by Gasteiger charge is 2.65. The second-order valence-corrected chi connectivity index (χ2v) is 4.98. The Morgan fingerprint density at radius 2 is 2.11 bits per heavy atom. The van der Waals surface area contributed by atoms with Gasteiger partial charge >= 0.3 is 11.9 Å². The van der Waals surface area contributed by atoms with Crippen molar-refractivity contribution in [3.8, 4) is 0 Å². The number of hydrogen-bond donors (Lipinski definition) is 3. The van der Waals surface area contributed by atoms with Crippen LogP contribution in [0.15, 0.2) is 0 Å². The van der Waals surface area contributed by atoms with Gasteiger partial charge in [0.05, 0.1) is 25.0 Å². The third kappa shape index (κ3) is 1.62. The van der Waals surface area contributed by atoms with Crippen molar-refractivity contribution in [1.82, 2.24) is 0 Å². The maximum Gasteiger partial charge on any atom is 0.312 e. The number of cyclic esters (lactones) is 1. The van der Waals surface area contributed by atoms with Crippen molar-refractivity contribution >= 4 is 11.9 Å². The van der Waals surface area contributed by atoms with Crippen molar-refractivity contribution in [2.24, 2.45) is 17.8 Å². The Morgan fingerprint density at radius 1 is 1.50 bits per heavy atom. The molecular weight excluding hydrogens is 244 g/mol. The number of aliphatic hydroxyl groups is 3. The van der Waals surface area contributed by atoms with Gasteiger partial charge in [-0.1, -0.05) is 0 Å². The number of aliphatic hydroxyl groups excluding tert-OH is 2. The summed E-state index contributed by atoms with van der Waals surface area (Å²) in [6.07, 6.45) is -2.88. The summed E-state index contributed by atoms with van der Waals surface area (Å²) in [7, 11) is 1.18. The molecule has 0 unspecified atom stereocenters.